The van der Waals surface area contributed by atoms with E-state index in [4.69, 9.17) is 9.84 Å². The van der Waals surface area contributed by atoms with Crippen molar-refractivity contribution in [1.29, 1.82) is 0 Å². The highest BCUT2D eigenvalue weighted by Gasteiger charge is 2.29. The Labute approximate surface area is 207 Å². The highest BCUT2D eigenvalue weighted by Crippen LogP contribution is 2.44. The Morgan fingerprint density at radius 3 is 2.31 bits per heavy atom. The normalized spacial score (nSPS) is 12.2. The Bertz CT molecular complexity index is 1190. The van der Waals surface area contributed by atoms with Crippen molar-refractivity contribution in [3.05, 3.63) is 75.7 Å². The quantitative estimate of drug-likeness (QED) is 0.454. The van der Waals surface area contributed by atoms with E-state index in [2.05, 4.69) is 34.6 Å². The number of alkyl carbamates (subject to hydrolysis) is 1. The Morgan fingerprint density at radius 1 is 1.09 bits per heavy atom. The molecule has 4 rings (SSSR count). The average Bonchev–Trinajstić information content (AvgIpc) is 3.44. The molecule has 0 aliphatic heterocycles. The standard InChI is InChI=1S/C26H27N3O5S/c1-16(2)29(12-11-24(30)31)25(32)22-15-35-23(28-22)13-27-26(33)34-14-21-19-9-5-3-7-17(19)18-8-4-6-10-20(18)21/h3-10,15-16,21H,11-14H2,1-2H3,(H,27,33)(H,30,31). The number of benzene rings is 2. The number of carboxylic acid groups (broad SMARTS) is 1. The lowest BCUT2D eigenvalue weighted by atomic mass is 9.98. The van der Waals surface area contributed by atoms with E-state index in [9.17, 15) is 14.4 Å². The van der Waals surface area contributed by atoms with E-state index in [1.807, 2.05) is 38.1 Å². The highest BCUT2D eigenvalue weighted by molar-refractivity contribution is 7.09. The monoisotopic (exact) mass is 493 g/mol. The molecular weight excluding hydrogens is 466 g/mol. The first-order valence-corrected chi connectivity index (χ1v) is 12.3. The van der Waals surface area contributed by atoms with Gasteiger partial charge >= 0.3 is 12.1 Å². The van der Waals surface area contributed by atoms with Gasteiger partial charge in [-0.1, -0.05) is 48.5 Å². The Kier molecular flexibility index (Phi) is 7.45. The molecule has 0 unspecified atom stereocenters. The molecule has 1 aliphatic rings. The summed E-state index contributed by atoms with van der Waals surface area (Å²) in [6, 6.07) is 16.1. The van der Waals surface area contributed by atoms with E-state index in [1.54, 1.807) is 5.38 Å². The number of carbonyl (C=O) groups excluding carboxylic acids is 2. The smallest absolute Gasteiger partial charge is 0.407 e. The number of carbonyl (C=O) groups is 3. The van der Waals surface area contributed by atoms with Crippen LogP contribution in [0.2, 0.25) is 0 Å². The molecule has 8 nitrogen and oxygen atoms in total. The van der Waals surface area contributed by atoms with Crippen molar-refractivity contribution in [2.75, 3.05) is 13.2 Å². The van der Waals surface area contributed by atoms with Crippen LogP contribution in [0.4, 0.5) is 4.79 Å². The van der Waals surface area contributed by atoms with Gasteiger partial charge in [-0.05, 0) is 36.1 Å². The summed E-state index contributed by atoms with van der Waals surface area (Å²) in [6.45, 7) is 4.11. The zero-order valence-electron chi connectivity index (χ0n) is 19.6. The van der Waals surface area contributed by atoms with Crippen molar-refractivity contribution in [3.63, 3.8) is 0 Å². The summed E-state index contributed by atoms with van der Waals surface area (Å²) in [7, 11) is 0. The maximum Gasteiger partial charge on any atom is 0.407 e. The number of aromatic nitrogens is 1. The highest BCUT2D eigenvalue weighted by atomic mass is 32.1. The number of hydrogen-bond acceptors (Lipinski definition) is 6. The van der Waals surface area contributed by atoms with Gasteiger partial charge in [0.05, 0.1) is 13.0 Å². The number of carboxylic acids is 1. The minimum atomic E-state index is -0.963. The van der Waals surface area contributed by atoms with Crippen molar-refractivity contribution < 1.29 is 24.2 Å². The first kappa shape index (κ1) is 24.4. The van der Waals surface area contributed by atoms with Crippen LogP contribution in [-0.2, 0) is 16.1 Å². The lowest BCUT2D eigenvalue weighted by Gasteiger charge is -2.25. The first-order chi connectivity index (χ1) is 16.8. The summed E-state index contributed by atoms with van der Waals surface area (Å²) in [4.78, 5) is 41.9. The molecule has 0 saturated heterocycles. The number of amides is 2. The number of nitrogens with zero attached hydrogens (tertiary/aromatic N) is 2. The minimum absolute atomic E-state index is 0.0231. The van der Waals surface area contributed by atoms with Gasteiger partial charge < -0.3 is 20.1 Å². The second kappa shape index (κ2) is 10.7. The van der Waals surface area contributed by atoms with Crippen LogP contribution in [-0.4, -0.2) is 52.2 Å². The predicted molar refractivity (Wildman–Crippen MR) is 132 cm³/mol. The molecule has 0 bridgehead atoms. The number of ether oxygens (including phenoxy) is 1. The van der Waals surface area contributed by atoms with Gasteiger partial charge in [-0.15, -0.1) is 11.3 Å². The number of thiazole rings is 1. The maximum atomic E-state index is 12.8. The van der Waals surface area contributed by atoms with Crippen molar-refractivity contribution in [2.45, 2.75) is 38.8 Å². The summed E-state index contributed by atoms with van der Waals surface area (Å²) >= 11 is 1.25. The van der Waals surface area contributed by atoms with Gasteiger partial charge in [0.1, 0.15) is 17.3 Å². The molecule has 3 aromatic rings. The molecule has 2 aromatic carbocycles. The SMILES string of the molecule is CC(C)N(CCC(=O)O)C(=O)c1csc(CNC(=O)OCC2c3ccccc3-c3ccccc32)n1. The van der Waals surface area contributed by atoms with E-state index in [1.165, 1.54) is 16.2 Å². The summed E-state index contributed by atoms with van der Waals surface area (Å²) in [5.41, 5.74) is 4.84. The third-order valence-corrected chi connectivity index (χ3v) is 6.80. The van der Waals surface area contributed by atoms with Crippen LogP contribution in [0.5, 0.6) is 0 Å². The van der Waals surface area contributed by atoms with Gasteiger partial charge in [-0.2, -0.15) is 0 Å². The van der Waals surface area contributed by atoms with Crippen LogP contribution in [0.1, 0.15) is 52.8 Å². The summed E-state index contributed by atoms with van der Waals surface area (Å²) in [5, 5.41) is 13.8. The molecule has 0 radical (unpaired) electrons. The molecule has 0 fully saturated rings. The molecular formula is C26H27N3O5S. The lowest BCUT2D eigenvalue weighted by Crippen LogP contribution is -2.38. The zero-order valence-corrected chi connectivity index (χ0v) is 20.4. The second-order valence-electron chi connectivity index (χ2n) is 8.54. The van der Waals surface area contributed by atoms with Crippen molar-refractivity contribution >= 4 is 29.3 Å². The lowest BCUT2D eigenvalue weighted by molar-refractivity contribution is -0.137. The Balaban J connectivity index is 1.32. The topological polar surface area (TPSA) is 109 Å². The molecule has 1 aromatic heterocycles. The van der Waals surface area contributed by atoms with Gasteiger partial charge in [0.25, 0.3) is 5.91 Å². The van der Waals surface area contributed by atoms with Gasteiger partial charge in [-0.3, -0.25) is 9.59 Å². The van der Waals surface area contributed by atoms with Crippen LogP contribution < -0.4 is 5.32 Å². The molecule has 1 heterocycles. The number of aliphatic carboxylic acids is 1. The third-order valence-electron chi connectivity index (χ3n) is 5.95. The molecule has 0 spiro atoms. The number of nitrogens with one attached hydrogen (secondary N) is 1. The first-order valence-electron chi connectivity index (χ1n) is 11.4. The largest absolute Gasteiger partial charge is 0.481 e. The van der Waals surface area contributed by atoms with E-state index in [0.717, 1.165) is 22.3 Å². The number of fused-ring (bicyclic) bond motifs is 3. The van der Waals surface area contributed by atoms with Crippen LogP contribution in [0, 0.1) is 0 Å². The summed E-state index contributed by atoms with van der Waals surface area (Å²) in [6.07, 6.45) is -0.690. The molecule has 35 heavy (non-hydrogen) atoms. The van der Waals surface area contributed by atoms with Gasteiger partial charge in [0.15, 0.2) is 0 Å². The van der Waals surface area contributed by atoms with Crippen molar-refractivity contribution in [1.82, 2.24) is 15.2 Å². The maximum absolute atomic E-state index is 12.8. The molecule has 9 heteroatoms. The van der Waals surface area contributed by atoms with Crippen LogP contribution in [0.3, 0.4) is 0 Å². The predicted octanol–water partition coefficient (Wildman–Crippen LogP) is 4.51. The van der Waals surface area contributed by atoms with Crippen LogP contribution in [0.15, 0.2) is 53.9 Å². The van der Waals surface area contributed by atoms with E-state index < -0.39 is 12.1 Å². The zero-order chi connectivity index (χ0) is 24.9. The van der Waals surface area contributed by atoms with Gasteiger partial charge in [0.2, 0.25) is 0 Å². The fraction of sp³-hybridized carbons (Fsp3) is 0.308. The van der Waals surface area contributed by atoms with Gasteiger partial charge in [-0.25, -0.2) is 9.78 Å². The Morgan fingerprint density at radius 2 is 1.71 bits per heavy atom. The average molecular weight is 494 g/mol. The van der Waals surface area contributed by atoms with Crippen LogP contribution in [0.25, 0.3) is 11.1 Å². The van der Waals surface area contributed by atoms with Crippen molar-refractivity contribution in [3.8, 4) is 11.1 Å². The number of hydrogen-bond donors (Lipinski definition) is 2. The molecule has 0 saturated carbocycles. The van der Waals surface area contributed by atoms with Gasteiger partial charge in [0, 0.05) is 23.9 Å². The fourth-order valence-electron chi connectivity index (χ4n) is 4.25. The summed E-state index contributed by atoms with van der Waals surface area (Å²) < 4.78 is 5.54. The van der Waals surface area contributed by atoms with Crippen LogP contribution >= 0.6 is 11.3 Å². The van der Waals surface area contributed by atoms with E-state index in [-0.39, 0.29) is 49.7 Å². The van der Waals surface area contributed by atoms with E-state index >= 15 is 0 Å². The van der Waals surface area contributed by atoms with E-state index in [0.29, 0.717) is 5.01 Å². The molecule has 2 amide bonds. The van der Waals surface area contributed by atoms with Crippen molar-refractivity contribution in [2.24, 2.45) is 0 Å². The summed E-state index contributed by atoms with van der Waals surface area (Å²) in [5.74, 6) is -1.32. The molecule has 1 aliphatic carbocycles. The Hall–Kier alpha value is -3.72. The fourth-order valence-corrected chi connectivity index (χ4v) is 4.95. The molecule has 2 N–H and O–H groups in total. The molecule has 182 valence electrons. The molecule has 0 atom stereocenters. The minimum Gasteiger partial charge on any atom is -0.481 e. The number of rotatable bonds is 9. The second-order valence-corrected chi connectivity index (χ2v) is 9.48. The third kappa shape index (κ3) is 5.51.